The quantitative estimate of drug-likeness (QED) is 0.796. The highest BCUT2D eigenvalue weighted by Gasteiger charge is 2.19. The van der Waals surface area contributed by atoms with E-state index in [4.69, 9.17) is 0 Å². The van der Waals surface area contributed by atoms with E-state index in [0.29, 0.717) is 5.69 Å². The van der Waals surface area contributed by atoms with Gasteiger partial charge in [-0.25, -0.2) is 4.68 Å². The van der Waals surface area contributed by atoms with E-state index in [1.807, 2.05) is 30.3 Å². The predicted molar refractivity (Wildman–Crippen MR) is 58.0 cm³/mol. The van der Waals surface area contributed by atoms with Gasteiger partial charge in [-0.15, -0.1) is 5.10 Å². The van der Waals surface area contributed by atoms with Gasteiger partial charge in [-0.2, -0.15) is 0 Å². The van der Waals surface area contributed by atoms with E-state index in [1.54, 1.807) is 0 Å². The number of para-hydroxylation sites is 1. The van der Waals surface area contributed by atoms with Crippen LogP contribution in [0.3, 0.4) is 0 Å². The zero-order valence-electron chi connectivity index (χ0n) is 8.85. The number of nitrogens with zero attached hydrogens (tertiary/aromatic N) is 3. The summed E-state index contributed by atoms with van der Waals surface area (Å²) < 4.78 is 1.51. The molecule has 5 heteroatoms. The first-order valence-corrected chi connectivity index (χ1v) is 5.02. The minimum absolute atomic E-state index is 0.473. The van der Waals surface area contributed by atoms with Crippen molar-refractivity contribution in [2.75, 3.05) is 0 Å². The zero-order chi connectivity index (χ0) is 11.5. The van der Waals surface area contributed by atoms with Crippen molar-refractivity contribution in [2.45, 2.75) is 19.1 Å². The molecule has 0 aliphatic rings. The molecule has 0 saturated heterocycles. The van der Waals surface area contributed by atoms with Crippen LogP contribution in [0.1, 0.15) is 18.7 Å². The SMILES string of the molecule is CC(O)C(O)c1cnnn1-c1ccccc1. The van der Waals surface area contributed by atoms with E-state index in [1.165, 1.54) is 17.8 Å². The van der Waals surface area contributed by atoms with E-state index in [9.17, 15) is 10.2 Å². The highest BCUT2D eigenvalue weighted by molar-refractivity contribution is 5.32. The third-order valence-corrected chi connectivity index (χ3v) is 2.34. The van der Waals surface area contributed by atoms with Gasteiger partial charge in [-0.3, -0.25) is 0 Å². The van der Waals surface area contributed by atoms with E-state index in [2.05, 4.69) is 10.3 Å². The van der Waals surface area contributed by atoms with Crippen LogP contribution in [0.2, 0.25) is 0 Å². The first-order valence-electron chi connectivity index (χ1n) is 5.02. The van der Waals surface area contributed by atoms with Crippen LogP contribution in [0, 0.1) is 0 Å². The van der Waals surface area contributed by atoms with Crippen molar-refractivity contribution in [3.63, 3.8) is 0 Å². The Kier molecular flexibility index (Phi) is 2.98. The molecule has 2 rings (SSSR count). The topological polar surface area (TPSA) is 71.2 Å². The molecule has 2 unspecified atom stereocenters. The maximum atomic E-state index is 9.78. The number of aromatic nitrogens is 3. The molecule has 0 aliphatic heterocycles. The van der Waals surface area contributed by atoms with Gasteiger partial charge in [0, 0.05) is 0 Å². The minimum Gasteiger partial charge on any atom is -0.390 e. The molecule has 0 fully saturated rings. The summed E-state index contributed by atoms with van der Waals surface area (Å²) in [4.78, 5) is 0. The van der Waals surface area contributed by atoms with Gasteiger partial charge in [0.15, 0.2) is 0 Å². The van der Waals surface area contributed by atoms with Crippen LogP contribution in [-0.4, -0.2) is 31.3 Å². The Labute approximate surface area is 93.0 Å². The summed E-state index contributed by atoms with van der Waals surface area (Å²) in [7, 11) is 0. The highest BCUT2D eigenvalue weighted by Crippen LogP contribution is 2.18. The number of rotatable bonds is 3. The number of aliphatic hydroxyl groups excluding tert-OH is 2. The molecule has 2 aromatic rings. The molecular weight excluding hydrogens is 206 g/mol. The molecule has 0 amide bonds. The molecule has 1 aromatic heterocycles. The van der Waals surface area contributed by atoms with E-state index in [-0.39, 0.29) is 0 Å². The van der Waals surface area contributed by atoms with Crippen molar-refractivity contribution in [3.8, 4) is 5.69 Å². The second kappa shape index (κ2) is 4.42. The summed E-state index contributed by atoms with van der Waals surface area (Å²) in [6.45, 7) is 1.52. The van der Waals surface area contributed by atoms with Gasteiger partial charge < -0.3 is 10.2 Å². The zero-order valence-corrected chi connectivity index (χ0v) is 8.85. The molecule has 1 aromatic carbocycles. The average molecular weight is 219 g/mol. The Bertz CT molecular complexity index is 453. The summed E-state index contributed by atoms with van der Waals surface area (Å²) in [6, 6.07) is 9.34. The van der Waals surface area contributed by atoms with Crippen molar-refractivity contribution >= 4 is 0 Å². The molecule has 0 aliphatic carbocycles. The maximum absolute atomic E-state index is 9.78. The average Bonchev–Trinajstić information content (AvgIpc) is 2.77. The molecule has 0 bridgehead atoms. The van der Waals surface area contributed by atoms with Gasteiger partial charge in [-0.05, 0) is 19.1 Å². The summed E-state index contributed by atoms with van der Waals surface area (Å²) in [6.07, 6.45) is -0.402. The fraction of sp³-hybridized carbons (Fsp3) is 0.273. The summed E-state index contributed by atoms with van der Waals surface area (Å²) >= 11 is 0. The second-order valence-electron chi connectivity index (χ2n) is 3.59. The van der Waals surface area contributed by atoms with Gasteiger partial charge >= 0.3 is 0 Å². The predicted octanol–water partition coefficient (Wildman–Crippen LogP) is 0.681. The second-order valence-corrected chi connectivity index (χ2v) is 3.59. The summed E-state index contributed by atoms with van der Waals surface area (Å²) in [5.41, 5.74) is 1.27. The molecule has 0 saturated carbocycles. The fourth-order valence-electron chi connectivity index (χ4n) is 1.46. The van der Waals surface area contributed by atoms with Crippen LogP contribution in [-0.2, 0) is 0 Å². The third kappa shape index (κ3) is 1.95. The Balaban J connectivity index is 2.40. The third-order valence-electron chi connectivity index (χ3n) is 2.34. The Morgan fingerprint density at radius 2 is 1.88 bits per heavy atom. The number of aliphatic hydroxyl groups is 2. The van der Waals surface area contributed by atoms with Gasteiger partial charge in [-0.1, -0.05) is 23.4 Å². The van der Waals surface area contributed by atoms with Gasteiger partial charge in [0.05, 0.1) is 23.7 Å². The van der Waals surface area contributed by atoms with Crippen LogP contribution in [0.5, 0.6) is 0 Å². The molecule has 2 N–H and O–H groups in total. The Morgan fingerprint density at radius 1 is 1.19 bits per heavy atom. The smallest absolute Gasteiger partial charge is 0.123 e. The highest BCUT2D eigenvalue weighted by atomic mass is 16.3. The minimum atomic E-state index is -0.991. The standard InChI is InChI=1S/C11H13N3O2/c1-8(15)11(16)10-7-12-13-14(10)9-5-3-2-4-6-9/h2-8,11,15-16H,1H3. The van der Waals surface area contributed by atoms with Gasteiger partial charge in [0.25, 0.3) is 0 Å². The molecule has 2 atom stereocenters. The van der Waals surface area contributed by atoms with E-state index >= 15 is 0 Å². The molecule has 0 spiro atoms. The van der Waals surface area contributed by atoms with E-state index < -0.39 is 12.2 Å². The molecule has 1 heterocycles. The van der Waals surface area contributed by atoms with Crippen LogP contribution in [0.25, 0.3) is 5.69 Å². The Morgan fingerprint density at radius 3 is 2.50 bits per heavy atom. The Hall–Kier alpha value is -1.72. The monoisotopic (exact) mass is 219 g/mol. The first kappa shape index (κ1) is 10.8. The van der Waals surface area contributed by atoms with Crippen molar-refractivity contribution < 1.29 is 10.2 Å². The number of hydrogen-bond donors (Lipinski definition) is 2. The van der Waals surface area contributed by atoms with Gasteiger partial charge in [0.2, 0.25) is 0 Å². The fourth-order valence-corrected chi connectivity index (χ4v) is 1.46. The van der Waals surface area contributed by atoms with Crippen LogP contribution < -0.4 is 0 Å². The normalized spacial score (nSPS) is 14.7. The van der Waals surface area contributed by atoms with E-state index in [0.717, 1.165) is 5.69 Å². The van der Waals surface area contributed by atoms with Crippen LogP contribution in [0.4, 0.5) is 0 Å². The van der Waals surface area contributed by atoms with Crippen molar-refractivity contribution in [2.24, 2.45) is 0 Å². The van der Waals surface area contributed by atoms with Crippen molar-refractivity contribution in [3.05, 3.63) is 42.2 Å². The summed E-state index contributed by atoms with van der Waals surface area (Å²) in [5.74, 6) is 0. The molecule has 5 nitrogen and oxygen atoms in total. The van der Waals surface area contributed by atoms with Crippen LogP contribution in [0.15, 0.2) is 36.5 Å². The van der Waals surface area contributed by atoms with Crippen LogP contribution >= 0.6 is 0 Å². The lowest BCUT2D eigenvalue weighted by Gasteiger charge is -2.14. The lowest BCUT2D eigenvalue weighted by molar-refractivity contribution is 0.0263. The lowest BCUT2D eigenvalue weighted by atomic mass is 10.1. The maximum Gasteiger partial charge on any atom is 0.123 e. The molecule has 84 valence electrons. The molecule has 16 heavy (non-hydrogen) atoms. The largest absolute Gasteiger partial charge is 0.390 e. The first-order chi connectivity index (χ1) is 7.70. The van der Waals surface area contributed by atoms with Gasteiger partial charge in [0.1, 0.15) is 6.10 Å². The molecule has 0 radical (unpaired) electrons. The van der Waals surface area contributed by atoms with Crippen molar-refractivity contribution in [1.82, 2.24) is 15.0 Å². The van der Waals surface area contributed by atoms with Crippen molar-refractivity contribution in [1.29, 1.82) is 0 Å². The lowest BCUT2D eigenvalue weighted by Crippen LogP contribution is -2.17. The summed E-state index contributed by atoms with van der Waals surface area (Å²) in [5, 5.41) is 26.8. The number of benzene rings is 1. The molecular formula is C11H13N3O2. The number of hydrogen-bond acceptors (Lipinski definition) is 4.